The van der Waals surface area contributed by atoms with E-state index in [1.807, 2.05) is 0 Å². The topological polar surface area (TPSA) is 69.7 Å². The van der Waals surface area contributed by atoms with Crippen molar-refractivity contribution in [1.82, 2.24) is 0 Å². The van der Waals surface area contributed by atoms with Crippen LogP contribution >= 0.6 is 0 Å². The van der Waals surface area contributed by atoms with Crippen molar-refractivity contribution in [3.05, 3.63) is 29.8 Å². The molecule has 1 rings (SSSR count). The van der Waals surface area contributed by atoms with Gasteiger partial charge in [-0.25, -0.2) is 0 Å². The van der Waals surface area contributed by atoms with Crippen molar-refractivity contribution in [3.8, 4) is 11.5 Å². The molecule has 1 aromatic rings. The molecule has 0 bridgehead atoms. The van der Waals surface area contributed by atoms with Crippen LogP contribution in [0.1, 0.15) is 5.56 Å². The Morgan fingerprint density at radius 1 is 1.20 bits per heavy atom. The Bertz CT molecular complexity index is 619. The first kappa shape index (κ1) is 16.0. The minimum Gasteiger partial charge on any atom is -0.493 e. The molecule has 0 fully saturated rings. The van der Waals surface area contributed by atoms with Gasteiger partial charge in [0.15, 0.2) is 11.5 Å². The van der Waals surface area contributed by atoms with Gasteiger partial charge < -0.3 is 8.92 Å². The number of hydrogen-bond acceptors (Lipinski definition) is 5. The fourth-order valence-corrected chi connectivity index (χ4v) is 1.64. The number of benzene rings is 1. The normalized spacial score (nSPS) is 12.4. The monoisotopic (exact) mass is 310 g/mol. The molecule has 5 nitrogen and oxygen atoms in total. The van der Waals surface area contributed by atoms with Crippen LogP contribution in [0.5, 0.6) is 11.5 Å². The van der Waals surface area contributed by atoms with E-state index in [0.717, 1.165) is 19.3 Å². The third-order valence-electron chi connectivity index (χ3n) is 2.04. The summed E-state index contributed by atoms with van der Waals surface area (Å²) in [6.07, 6.45) is 3.02. The Hall–Kier alpha value is -2.03. The van der Waals surface area contributed by atoms with Crippen LogP contribution in [-0.4, -0.2) is 27.3 Å². The smallest absolute Gasteiger partial charge is 0.493 e. The second kappa shape index (κ2) is 5.95. The van der Waals surface area contributed by atoms with Gasteiger partial charge in [-0.1, -0.05) is 12.1 Å². The molecule has 20 heavy (non-hydrogen) atoms. The number of methoxy groups -OCH3 is 1. The number of halogens is 3. The average molecular weight is 310 g/mol. The molecule has 0 heterocycles. The number of alkyl halides is 3. The number of carbonyl (C=O) groups is 1. The zero-order valence-corrected chi connectivity index (χ0v) is 10.9. The molecule has 0 N–H and O–H groups in total. The number of rotatable bonds is 5. The second-order valence-electron chi connectivity index (χ2n) is 3.39. The highest BCUT2D eigenvalue weighted by Gasteiger charge is 2.48. The van der Waals surface area contributed by atoms with Gasteiger partial charge in [0.1, 0.15) is 6.29 Å². The minimum atomic E-state index is -5.77. The maximum atomic E-state index is 12.2. The number of ether oxygens (including phenoxy) is 1. The fraction of sp³-hybridized carbons (Fsp3) is 0.182. The Morgan fingerprint density at radius 3 is 2.35 bits per heavy atom. The summed E-state index contributed by atoms with van der Waals surface area (Å²) in [6.45, 7) is 0. The van der Waals surface area contributed by atoms with E-state index in [1.165, 1.54) is 18.2 Å². The van der Waals surface area contributed by atoms with E-state index in [2.05, 4.69) is 4.18 Å². The Kier molecular flexibility index (Phi) is 4.77. The van der Waals surface area contributed by atoms with Crippen molar-refractivity contribution in [1.29, 1.82) is 0 Å². The van der Waals surface area contributed by atoms with Crippen LogP contribution in [0.2, 0.25) is 0 Å². The Labute approximate surface area is 112 Å². The van der Waals surface area contributed by atoms with Crippen LogP contribution < -0.4 is 8.92 Å². The van der Waals surface area contributed by atoms with Gasteiger partial charge in [0.05, 0.1) is 7.11 Å². The van der Waals surface area contributed by atoms with Crippen LogP contribution in [0.3, 0.4) is 0 Å². The maximum absolute atomic E-state index is 12.2. The van der Waals surface area contributed by atoms with E-state index in [4.69, 9.17) is 4.74 Å². The summed E-state index contributed by atoms with van der Waals surface area (Å²) in [4.78, 5) is 10.2. The van der Waals surface area contributed by atoms with Crippen LogP contribution in [0.25, 0.3) is 6.08 Å². The molecule has 0 atom stereocenters. The van der Waals surface area contributed by atoms with Gasteiger partial charge in [-0.15, -0.1) is 0 Å². The van der Waals surface area contributed by atoms with Crippen molar-refractivity contribution >= 4 is 22.5 Å². The number of allylic oxidation sites excluding steroid dienone is 1. The summed E-state index contributed by atoms with van der Waals surface area (Å²) in [5.74, 6) is -0.820. The SMILES string of the molecule is COc1cc(C=CC=O)ccc1OS(=O)(=O)C(F)(F)F. The molecule has 0 aliphatic heterocycles. The van der Waals surface area contributed by atoms with Crippen molar-refractivity contribution in [3.63, 3.8) is 0 Å². The molecule has 9 heteroatoms. The lowest BCUT2D eigenvalue weighted by atomic mass is 10.2. The van der Waals surface area contributed by atoms with E-state index in [-0.39, 0.29) is 5.75 Å². The highest BCUT2D eigenvalue weighted by atomic mass is 32.2. The quantitative estimate of drug-likeness (QED) is 0.361. The highest BCUT2D eigenvalue weighted by Crippen LogP contribution is 2.33. The van der Waals surface area contributed by atoms with Crippen LogP contribution in [0.15, 0.2) is 24.3 Å². The molecule has 0 unspecified atom stereocenters. The third-order valence-corrected chi connectivity index (χ3v) is 3.00. The first-order valence-electron chi connectivity index (χ1n) is 5.02. The van der Waals surface area contributed by atoms with Crippen LogP contribution in [0, 0.1) is 0 Å². The van der Waals surface area contributed by atoms with E-state index in [9.17, 15) is 26.4 Å². The Morgan fingerprint density at radius 2 is 1.85 bits per heavy atom. The molecule has 0 radical (unpaired) electrons. The molecule has 0 saturated heterocycles. The molecule has 110 valence electrons. The highest BCUT2D eigenvalue weighted by molar-refractivity contribution is 7.88. The number of carbonyl (C=O) groups excluding carboxylic acids is 1. The Balaban J connectivity index is 3.15. The fourth-order valence-electron chi connectivity index (χ4n) is 1.17. The summed E-state index contributed by atoms with van der Waals surface area (Å²) in [5, 5.41) is 0. The van der Waals surface area contributed by atoms with Crippen molar-refractivity contribution in [2.24, 2.45) is 0 Å². The second-order valence-corrected chi connectivity index (χ2v) is 4.93. The molecule has 0 aromatic heterocycles. The predicted octanol–water partition coefficient (Wildman–Crippen LogP) is 2.14. The van der Waals surface area contributed by atoms with Gasteiger partial charge in [-0.05, 0) is 23.8 Å². The molecule has 0 saturated carbocycles. The zero-order valence-electron chi connectivity index (χ0n) is 10.0. The summed E-state index contributed by atoms with van der Waals surface area (Å²) in [5.41, 5.74) is -5.11. The largest absolute Gasteiger partial charge is 0.534 e. The molecule has 0 amide bonds. The molecule has 0 aliphatic carbocycles. The summed E-state index contributed by atoms with van der Waals surface area (Å²) < 4.78 is 67.1. The zero-order chi connectivity index (χ0) is 15.4. The standard InChI is InChI=1S/C11H9F3O5S/c1-18-10-7-8(3-2-6-15)4-5-9(10)19-20(16,17)11(12,13)14/h2-7H,1H3. The number of hydrogen-bond donors (Lipinski definition) is 0. The maximum Gasteiger partial charge on any atom is 0.534 e. The van der Waals surface area contributed by atoms with Gasteiger partial charge in [0, 0.05) is 0 Å². The molecular weight excluding hydrogens is 301 g/mol. The number of aldehydes is 1. The average Bonchev–Trinajstić information content (AvgIpc) is 2.35. The lowest BCUT2D eigenvalue weighted by molar-refractivity contribution is -0.104. The summed E-state index contributed by atoms with van der Waals surface area (Å²) in [7, 11) is -4.63. The van der Waals surface area contributed by atoms with Crippen LogP contribution in [0.4, 0.5) is 13.2 Å². The first-order chi connectivity index (χ1) is 9.21. The van der Waals surface area contributed by atoms with Crippen LogP contribution in [-0.2, 0) is 14.9 Å². The van der Waals surface area contributed by atoms with Gasteiger partial charge >= 0.3 is 15.6 Å². The van der Waals surface area contributed by atoms with Crippen molar-refractivity contribution in [2.75, 3.05) is 7.11 Å². The van der Waals surface area contributed by atoms with Gasteiger partial charge in [0.2, 0.25) is 0 Å². The summed E-state index contributed by atoms with van der Waals surface area (Å²) in [6, 6.07) is 3.48. The summed E-state index contributed by atoms with van der Waals surface area (Å²) >= 11 is 0. The van der Waals surface area contributed by atoms with E-state index in [0.29, 0.717) is 11.8 Å². The third kappa shape index (κ3) is 3.73. The van der Waals surface area contributed by atoms with Crippen molar-refractivity contribution in [2.45, 2.75) is 5.51 Å². The van der Waals surface area contributed by atoms with Crippen molar-refractivity contribution < 1.29 is 35.3 Å². The van der Waals surface area contributed by atoms with Gasteiger partial charge in [-0.2, -0.15) is 21.6 Å². The van der Waals surface area contributed by atoms with Gasteiger partial charge in [0.25, 0.3) is 0 Å². The molecule has 1 aromatic carbocycles. The minimum absolute atomic E-state index is 0.217. The lowest BCUT2D eigenvalue weighted by Crippen LogP contribution is -2.28. The predicted molar refractivity (Wildman–Crippen MR) is 63.7 cm³/mol. The first-order valence-corrected chi connectivity index (χ1v) is 6.42. The van der Waals surface area contributed by atoms with E-state index in [1.54, 1.807) is 0 Å². The molecule has 0 aliphatic rings. The van der Waals surface area contributed by atoms with E-state index < -0.39 is 21.4 Å². The molecular formula is C11H9F3O5S. The molecule has 0 spiro atoms. The van der Waals surface area contributed by atoms with Gasteiger partial charge in [-0.3, -0.25) is 4.79 Å². The lowest BCUT2D eigenvalue weighted by Gasteiger charge is -2.12. The van der Waals surface area contributed by atoms with E-state index >= 15 is 0 Å².